The Bertz CT molecular complexity index is 1340. The lowest BCUT2D eigenvalue weighted by molar-refractivity contribution is -0.231. The van der Waals surface area contributed by atoms with Crippen molar-refractivity contribution in [1.82, 2.24) is 10.2 Å². The molecular formula is C38H58N2O6. The largest absolute Gasteiger partial charge is 0.462 e. The minimum absolute atomic E-state index is 0.00787. The maximum absolute atomic E-state index is 13.8. The molecule has 8 nitrogen and oxygen atoms in total. The van der Waals surface area contributed by atoms with Crippen LogP contribution in [0.15, 0.2) is 11.1 Å². The van der Waals surface area contributed by atoms with Crippen LogP contribution in [0.4, 0.5) is 4.79 Å². The van der Waals surface area contributed by atoms with Gasteiger partial charge in [-0.15, -0.1) is 0 Å². The minimum atomic E-state index is -0.699. The van der Waals surface area contributed by atoms with Gasteiger partial charge < -0.3 is 19.7 Å². The van der Waals surface area contributed by atoms with Gasteiger partial charge in [-0.2, -0.15) is 0 Å². The molecular weight excluding hydrogens is 580 g/mol. The second kappa shape index (κ2) is 11.4. The lowest BCUT2D eigenvalue weighted by Crippen LogP contribution is -2.67. The van der Waals surface area contributed by atoms with Crippen molar-refractivity contribution in [2.24, 2.45) is 45.3 Å². The molecule has 1 saturated heterocycles. The van der Waals surface area contributed by atoms with Gasteiger partial charge in [0.1, 0.15) is 12.7 Å². The molecule has 0 bridgehead atoms. The summed E-state index contributed by atoms with van der Waals surface area (Å²) >= 11 is 0. The van der Waals surface area contributed by atoms with Crippen molar-refractivity contribution in [3.63, 3.8) is 0 Å². The zero-order valence-corrected chi connectivity index (χ0v) is 29.7. The van der Waals surface area contributed by atoms with Crippen molar-refractivity contribution in [3.05, 3.63) is 11.1 Å². The average Bonchev–Trinajstić information content (AvgIpc) is 3.49. The molecule has 5 fully saturated rings. The molecule has 0 aromatic rings. The van der Waals surface area contributed by atoms with E-state index in [-0.39, 0.29) is 63.9 Å². The Hall–Kier alpha value is -2.38. The second-order valence-corrected chi connectivity index (χ2v) is 17.5. The first-order chi connectivity index (χ1) is 21.5. The van der Waals surface area contributed by atoms with Crippen molar-refractivity contribution >= 4 is 23.8 Å². The summed E-state index contributed by atoms with van der Waals surface area (Å²) in [6.07, 6.45) is 9.23. The highest BCUT2D eigenvalue weighted by molar-refractivity contribution is 6.02. The van der Waals surface area contributed by atoms with Crippen molar-refractivity contribution in [2.45, 2.75) is 138 Å². The van der Waals surface area contributed by atoms with Gasteiger partial charge in [-0.1, -0.05) is 48.5 Å². The van der Waals surface area contributed by atoms with Crippen molar-refractivity contribution in [1.29, 1.82) is 0 Å². The van der Waals surface area contributed by atoms with E-state index in [2.05, 4.69) is 53.8 Å². The van der Waals surface area contributed by atoms with Crippen LogP contribution in [-0.4, -0.2) is 60.0 Å². The number of amides is 2. The molecule has 0 aromatic carbocycles. The van der Waals surface area contributed by atoms with Crippen LogP contribution < -0.4 is 5.32 Å². The van der Waals surface area contributed by atoms with E-state index in [1.807, 2.05) is 0 Å². The Morgan fingerprint density at radius 2 is 1.67 bits per heavy atom. The van der Waals surface area contributed by atoms with E-state index in [1.54, 1.807) is 4.90 Å². The van der Waals surface area contributed by atoms with Crippen molar-refractivity contribution < 1.29 is 28.7 Å². The summed E-state index contributed by atoms with van der Waals surface area (Å²) in [4.78, 5) is 53.0. The molecule has 3 unspecified atom stereocenters. The maximum Gasteiger partial charge on any atom is 0.407 e. The monoisotopic (exact) mass is 638 g/mol. The number of rotatable bonds is 6. The van der Waals surface area contributed by atoms with Crippen molar-refractivity contribution in [2.75, 3.05) is 19.7 Å². The van der Waals surface area contributed by atoms with E-state index in [1.165, 1.54) is 12.5 Å². The van der Waals surface area contributed by atoms with Gasteiger partial charge in [0, 0.05) is 31.7 Å². The summed E-state index contributed by atoms with van der Waals surface area (Å²) in [5.41, 5.74) is 1.57. The highest BCUT2D eigenvalue weighted by Crippen LogP contribution is 2.75. The summed E-state index contributed by atoms with van der Waals surface area (Å²) in [6, 6.07) is 0. The van der Waals surface area contributed by atoms with Crippen LogP contribution in [0.5, 0.6) is 0 Å². The SMILES string of the molecule is CC(=O)O[C@H]1CC[C@@]2(C)C(CC[C@]3(C)C2CCC2C4=C(C(C)C)C(=O)C[C@]4(NC(=O)OCCN4CCCC4=O)CC[C@]23C)C1(C)C. The number of carbonyl (C=O) groups is 4. The van der Waals surface area contributed by atoms with Crippen LogP contribution in [-0.2, 0) is 23.9 Å². The zero-order valence-electron chi connectivity index (χ0n) is 29.7. The number of likely N-dealkylation sites (tertiary alicyclic amines) is 1. The van der Waals surface area contributed by atoms with Crippen LogP contribution in [0.25, 0.3) is 0 Å². The molecule has 8 atom stereocenters. The first-order valence-corrected chi connectivity index (χ1v) is 18.2. The minimum Gasteiger partial charge on any atom is -0.462 e. The Kier molecular flexibility index (Phi) is 8.28. The molecule has 4 saturated carbocycles. The van der Waals surface area contributed by atoms with E-state index >= 15 is 0 Å². The van der Waals surface area contributed by atoms with Crippen LogP contribution >= 0.6 is 0 Å². The van der Waals surface area contributed by atoms with E-state index in [0.717, 1.165) is 69.9 Å². The number of ketones is 1. The fraction of sp³-hybridized carbons (Fsp3) is 0.842. The molecule has 46 heavy (non-hydrogen) atoms. The molecule has 2 amide bonds. The number of ether oxygens (including phenoxy) is 2. The molecule has 1 heterocycles. The van der Waals surface area contributed by atoms with E-state index in [4.69, 9.17) is 9.47 Å². The van der Waals surface area contributed by atoms with E-state index in [0.29, 0.717) is 31.2 Å². The first-order valence-electron chi connectivity index (χ1n) is 18.2. The molecule has 1 aliphatic heterocycles. The number of hydrogen-bond donors (Lipinski definition) is 1. The van der Waals surface area contributed by atoms with Crippen LogP contribution in [0, 0.1) is 45.3 Å². The Balaban J connectivity index is 1.28. The van der Waals surface area contributed by atoms with Gasteiger partial charge in [0.2, 0.25) is 5.91 Å². The topological polar surface area (TPSA) is 102 Å². The van der Waals surface area contributed by atoms with Crippen molar-refractivity contribution in [3.8, 4) is 0 Å². The molecule has 0 radical (unpaired) electrons. The first kappa shape index (κ1) is 33.5. The van der Waals surface area contributed by atoms with Gasteiger partial charge in [-0.3, -0.25) is 14.4 Å². The number of carbonyl (C=O) groups excluding carboxylic acids is 4. The fourth-order valence-electron chi connectivity index (χ4n) is 12.6. The standard InChI is InChI=1S/C38H58N2O6/c1-23(2)31-26(42)22-38(39-33(44)45-21-20-40-19-9-10-30(40)43)18-17-36(7)25(32(31)38)11-12-28-35(6)15-14-29(46-24(3)41)34(4,5)27(35)13-16-37(28,36)8/h23,25,27-29H,9-22H2,1-8H3,(H,39,44)/t25?,27?,28?,29-,35-,36+,37+,38+/m0/s1. The second-order valence-electron chi connectivity index (χ2n) is 17.5. The number of hydrogen-bond acceptors (Lipinski definition) is 6. The third-order valence-electron chi connectivity index (χ3n) is 14.8. The highest BCUT2D eigenvalue weighted by atomic mass is 16.6. The molecule has 1 N–H and O–H groups in total. The molecule has 256 valence electrons. The van der Waals surface area contributed by atoms with Gasteiger partial charge in [0.15, 0.2) is 5.78 Å². The highest BCUT2D eigenvalue weighted by Gasteiger charge is 2.70. The summed E-state index contributed by atoms with van der Waals surface area (Å²) in [6.45, 7) is 19.3. The third-order valence-corrected chi connectivity index (χ3v) is 14.8. The summed E-state index contributed by atoms with van der Waals surface area (Å²) in [5.74, 6) is 1.43. The summed E-state index contributed by atoms with van der Waals surface area (Å²) < 4.78 is 11.6. The van der Waals surface area contributed by atoms with Gasteiger partial charge in [-0.05, 0) is 109 Å². The number of Topliss-reactive ketones (excluding diaryl/α,β-unsaturated/α-hetero) is 1. The fourth-order valence-corrected chi connectivity index (χ4v) is 12.6. The normalized spacial score (nSPS) is 41.5. The lowest BCUT2D eigenvalue weighted by Gasteiger charge is -2.72. The average molecular weight is 639 g/mol. The quantitative estimate of drug-likeness (QED) is 0.315. The summed E-state index contributed by atoms with van der Waals surface area (Å²) in [5, 5.41) is 3.28. The predicted octanol–water partition coefficient (Wildman–Crippen LogP) is 7.00. The number of allylic oxidation sites excluding steroid dienone is 1. The van der Waals surface area contributed by atoms with Crippen LogP contribution in [0.2, 0.25) is 0 Å². The van der Waals surface area contributed by atoms with Gasteiger partial charge in [-0.25, -0.2) is 4.79 Å². The third kappa shape index (κ3) is 4.88. The molecule has 0 aromatic heterocycles. The number of alkyl carbamates (subject to hydrolysis) is 1. The maximum atomic E-state index is 13.8. The van der Waals surface area contributed by atoms with Gasteiger partial charge >= 0.3 is 12.1 Å². The number of nitrogens with zero attached hydrogens (tertiary/aromatic N) is 1. The predicted molar refractivity (Wildman–Crippen MR) is 176 cm³/mol. The Morgan fingerprint density at radius 3 is 2.33 bits per heavy atom. The smallest absolute Gasteiger partial charge is 0.407 e. The Morgan fingerprint density at radius 1 is 0.935 bits per heavy atom. The molecule has 6 rings (SSSR count). The summed E-state index contributed by atoms with van der Waals surface area (Å²) in [7, 11) is 0. The van der Waals surface area contributed by atoms with Gasteiger partial charge in [0.25, 0.3) is 0 Å². The molecule has 5 aliphatic carbocycles. The molecule has 8 heteroatoms. The van der Waals surface area contributed by atoms with E-state index in [9.17, 15) is 19.2 Å². The molecule has 0 spiro atoms. The van der Waals surface area contributed by atoms with E-state index < -0.39 is 11.6 Å². The number of nitrogens with one attached hydrogen (secondary N) is 1. The zero-order chi connectivity index (χ0) is 33.4. The number of esters is 1. The van der Waals surface area contributed by atoms with Crippen LogP contribution in [0.3, 0.4) is 0 Å². The van der Waals surface area contributed by atoms with Gasteiger partial charge in [0.05, 0.1) is 12.1 Å². The lowest BCUT2D eigenvalue weighted by atomic mass is 9.33. The Labute approximate surface area is 276 Å². The number of fused-ring (bicyclic) bond motifs is 7. The molecule has 6 aliphatic rings. The van der Waals surface area contributed by atoms with Crippen LogP contribution in [0.1, 0.15) is 126 Å².